The Kier molecular flexibility index (Phi) is 5.84. The SMILES string of the molecule is CC(C)OC(=O)c1ccc(COC(=O)c2ccccc2[N+](=O)[O-])cc1. The Morgan fingerprint density at radius 2 is 1.68 bits per heavy atom. The van der Waals surface area contributed by atoms with Crippen LogP contribution in [0.15, 0.2) is 48.5 Å². The van der Waals surface area contributed by atoms with Crippen molar-refractivity contribution < 1.29 is 24.0 Å². The molecule has 0 radical (unpaired) electrons. The number of nitrogens with zero attached hydrogens (tertiary/aromatic N) is 1. The molecule has 7 nitrogen and oxygen atoms in total. The molecule has 2 rings (SSSR count). The predicted molar refractivity (Wildman–Crippen MR) is 89.2 cm³/mol. The maximum absolute atomic E-state index is 12.0. The van der Waals surface area contributed by atoms with Crippen LogP contribution in [0, 0.1) is 10.1 Å². The van der Waals surface area contributed by atoms with Gasteiger partial charge < -0.3 is 9.47 Å². The van der Waals surface area contributed by atoms with E-state index >= 15 is 0 Å². The van der Waals surface area contributed by atoms with E-state index in [0.29, 0.717) is 11.1 Å². The van der Waals surface area contributed by atoms with Crippen LogP contribution in [0.5, 0.6) is 0 Å². The summed E-state index contributed by atoms with van der Waals surface area (Å²) in [4.78, 5) is 34.1. The van der Waals surface area contributed by atoms with Crippen LogP contribution in [0.4, 0.5) is 5.69 Å². The highest BCUT2D eigenvalue weighted by molar-refractivity contribution is 5.93. The van der Waals surface area contributed by atoms with E-state index in [4.69, 9.17) is 9.47 Å². The third-order valence-electron chi connectivity index (χ3n) is 3.22. The molecule has 0 aromatic heterocycles. The lowest BCUT2D eigenvalue weighted by atomic mass is 10.1. The normalized spacial score (nSPS) is 10.4. The molecule has 0 spiro atoms. The number of para-hydroxylation sites is 1. The molecule has 0 unspecified atom stereocenters. The number of carbonyl (C=O) groups excluding carboxylic acids is 2. The van der Waals surface area contributed by atoms with Gasteiger partial charge in [-0.3, -0.25) is 10.1 Å². The van der Waals surface area contributed by atoms with Gasteiger partial charge in [0.2, 0.25) is 0 Å². The highest BCUT2D eigenvalue weighted by Gasteiger charge is 2.20. The van der Waals surface area contributed by atoms with Gasteiger partial charge in [0, 0.05) is 6.07 Å². The predicted octanol–water partition coefficient (Wildman–Crippen LogP) is 3.52. The summed E-state index contributed by atoms with van der Waals surface area (Å²) in [5.41, 5.74) is 0.624. The number of carbonyl (C=O) groups is 2. The minimum absolute atomic E-state index is 0.0651. The summed E-state index contributed by atoms with van der Waals surface area (Å²) in [7, 11) is 0. The maximum atomic E-state index is 12.0. The Hall–Kier alpha value is -3.22. The highest BCUT2D eigenvalue weighted by atomic mass is 16.6. The van der Waals surface area contributed by atoms with E-state index in [1.165, 1.54) is 24.3 Å². The molecule has 0 aliphatic rings. The summed E-state index contributed by atoms with van der Waals surface area (Å²) in [6.45, 7) is 3.45. The quantitative estimate of drug-likeness (QED) is 0.452. The Labute approximate surface area is 144 Å². The molecule has 2 aromatic rings. The van der Waals surface area contributed by atoms with Crippen molar-refractivity contribution in [3.63, 3.8) is 0 Å². The number of benzene rings is 2. The average Bonchev–Trinajstić information content (AvgIpc) is 2.59. The van der Waals surface area contributed by atoms with Crippen molar-refractivity contribution in [2.24, 2.45) is 0 Å². The van der Waals surface area contributed by atoms with Gasteiger partial charge in [-0.25, -0.2) is 9.59 Å². The summed E-state index contributed by atoms with van der Waals surface area (Å²) in [6.07, 6.45) is -0.213. The largest absolute Gasteiger partial charge is 0.459 e. The second-order valence-electron chi connectivity index (χ2n) is 5.50. The van der Waals surface area contributed by atoms with Crippen LogP contribution in [-0.4, -0.2) is 23.0 Å². The van der Waals surface area contributed by atoms with Gasteiger partial charge in [-0.1, -0.05) is 24.3 Å². The van der Waals surface area contributed by atoms with E-state index in [2.05, 4.69) is 0 Å². The zero-order valence-electron chi connectivity index (χ0n) is 13.8. The molecular weight excluding hydrogens is 326 g/mol. The van der Waals surface area contributed by atoms with Gasteiger partial charge in [0.1, 0.15) is 12.2 Å². The van der Waals surface area contributed by atoms with Gasteiger partial charge >= 0.3 is 11.9 Å². The fraction of sp³-hybridized carbons (Fsp3) is 0.222. The molecule has 130 valence electrons. The van der Waals surface area contributed by atoms with Crippen LogP contribution in [0.1, 0.15) is 40.1 Å². The summed E-state index contributed by atoms with van der Waals surface area (Å²) >= 11 is 0. The highest BCUT2D eigenvalue weighted by Crippen LogP contribution is 2.19. The van der Waals surface area contributed by atoms with E-state index in [0.717, 1.165) is 0 Å². The van der Waals surface area contributed by atoms with Crippen LogP contribution in [0.25, 0.3) is 0 Å². The Balaban J connectivity index is 2.01. The molecule has 0 aliphatic heterocycles. The van der Waals surface area contributed by atoms with Crippen molar-refractivity contribution in [3.8, 4) is 0 Å². The van der Waals surface area contributed by atoms with E-state index in [9.17, 15) is 19.7 Å². The van der Waals surface area contributed by atoms with E-state index in [1.54, 1.807) is 38.1 Å². The van der Waals surface area contributed by atoms with Gasteiger partial charge in [0.25, 0.3) is 5.69 Å². The van der Waals surface area contributed by atoms with Crippen LogP contribution in [0.3, 0.4) is 0 Å². The van der Waals surface area contributed by atoms with Crippen LogP contribution >= 0.6 is 0 Å². The molecule has 2 aromatic carbocycles. The molecule has 25 heavy (non-hydrogen) atoms. The number of hydrogen-bond acceptors (Lipinski definition) is 6. The van der Waals surface area contributed by atoms with Gasteiger partial charge in [0.05, 0.1) is 16.6 Å². The smallest absolute Gasteiger partial charge is 0.345 e. The standard InChI is InChI=1S/C18H17NO6/c1-12(2)25-17(20)14-9-7-13(8-10-14)11-24-18(21)15-5-3-4-6-16(15)19(22)23/h3-10,12H,11H2,1-2H3. The number of rotatable bonds is 6. The summed E-state index contributed by atoms with van der Waals surface area (Å²) < 4.78 is 10.2. The first kappa shape index (κ1) is 18.1. The van der Waals surface area contributed by atoms with E-state index in [-0.39, 0.29) is 24.0 Å². The zero-order chi connectivity index (χ0) is 18.4. The molecule has 7 heteroatoms. The van der Waals surface area contributed by atoms with Gasteiger partial charge in [-0.15, -0.1) is 0 Å². The lowest BCUT2D eigenvalue weighted by Crippen LogP contribution is -2.11. The summed E-state index contributed by atoms with van der Waals surface area (Å²) in [6, 6.07) is 12.0. The molecule has 0 bridgehead atoms. The molecule has 0 fully saturated rings. The molecule has 0 amide bonds. The summed E-state index contributed by atoms with van der Waals surface area (Å²) in [5.74, 6) is -1.21. The lowest BCUT2D eigenvalue weighted by molar-refractivity contribution is -0.385. The lowest BCUT2D eigenvalue weighted by Gasteiger charge is -2.09. The minimum atomic E-state index is -0.782. The number of hydrogen-bond donors (Lipinski definition) is 0. The maximum Gasteiger partial charge on any atom is 0.345 e. The first-order valence-electron chi connectivity index (χ1n) is 7.59. The van der Waals surface area contributed by atoms with E-state index in [1.807, 2.05) is 0 Å². The first-order chi connectivity index (χ1) is 11.9. The molecular formula is C18H17NO6. The van der Waals surface area contributed by atoms with Crippen LogP contribution in [-0.2, 0) is 16.1 Å². The van der Waals surface area contributed by atoms with Crippen LogP contribution in [0.2, 0.25) is 0 Å². The number of ether oxygens (including phenoxy) is 2. The number of nitro benzene ring substituents is 1. The first-order valence-corrected chi connectivity index (χ1v) is 7.59. The van der Waals surface area contributed by atoms with Crippen molar-refractivity contribution in [1.29, 1.82) is 0 Å². The fourth-order valence-electron chi connectivity index (χ4n) is 2.05. The topological polar surface area (TPSA) is 95.7 Å². The minimum Gasteiger partial charge on any atom is -0.459 e. The molecule has 0 saturated heterocycles. The van der Waals surface area contributed by atoms with Gasteiger partial charge in [-0.2, -0.15) is 0 Å². The number of nitro groups is 1. The van der Waals surface area contributed by atoms with E-state index < -0.39 is 16.9 Å². The third kappa shape index (κ3) is 4.87. The molecule has 0 aliphatic carbocycles. The number of esters is 2. The fourth-order valence-corrected chi connectivity index (χ4v) is 2.05. The third-order valence-corrected chi connectivity index (χ3v) is 3.22. The van der Waals surface area contributed by atoms with Crippen molar-refractivity contribution in [1.82, 2.24) is 0 Å². The summed E-state index contributed by atoms with van der Waals surface area (Å²) in [5, 5.41) is 10.9. The van der Waals surface area contributed by atoms with Crippen molar-refractivity contribution in [2.75, 3.05) is 0 Å². The van der Waals surface area contributed by atoms with Gasteiger partial charge in [-0.05, 0) is 37.6 Å². The molecule has 0 atom stereocenters. The average molecular weight is 343 g/mol. The Morgan fingerprint density at radius 3 is 2.28 bits per heavy atom. The Bertz CT molecular complexity index is 782. The van der Waals surface area contributed by atoms with Crippen molar-refractivity contribution in [2.45, 2.75) is 26.6 Å². The Morgan fingerprint density at radius 1 is 1.04 bits per heavy atom. The van der Waals surface area contributed by atoms with Crippen molar-refractivity contribution >= 4 is 17.6 Å². The monoisotopic (exact) mass is 343 g/mol. The second kappa shape index (κ2) is 8.05. The molecule has 0 heterocycles. The van der Waals surface area contributed by atoms with Crippen LogP contribution < -0.4 is 0 Å². The van der Waals surface area contributed by atoms with Crippen molar-refractivity contribution in [3.05, 3.63) is 75.3 Å². The second-order valence-corrected chi connectivity index (χ2v) is 5.50. The van der Waals surface area contributed by atoms with Gasteiger partial charge in [0.15, 0.2) is 0 Å². The zero-order valence-corrected chi connectivity index (χ0v) is 13.8. The molecule has 0 N–H and O–H groups in total. The molecule has 0 saturated carbocycles.